The van der Waals surface area contributed by atoms with Crippen LogP contribution in [0.5, 0.6) is 0 Å². The van der Waals surface area contributed by atoms with Crippen LogP contribution in [0.1, 0.15) is 19.4 Å². The second-order valence-electron chi connectivity index (χ2n) is 4.17. The van der Waals surface area contributed by atoms with Crippen molar-refractivity contribution in [1.82, 2.24) is 14.8 Å². The van der Waals surface area contributed by atoms with Crippen LogP contribution in [0.15, 0.2) is 24.3 Å². The monoisotopic (exact) mass is 284 g/mol. The van der Waals surface area contributed by atoms with E-state index in [1.807, 2.05) is 13.8 Å². The van der Waals surface area contributed by atoms with Gasteiger partial charge in [-0.25, -0.2) is 0 Å². The molecule has 0 saturated heterocycles. The first kappa shape index (κ1) is 14.4. The average molecular weight is 284 g/mol. The highest BCUT2D eigenvalue weighted by molar-refractivity contribution is 5.63. The van der Waals surface area contributed by atoms with E-state index in [1.165, 1.54) is 12.1 Å². The second kappa shape index (κ2) is 5.52. The molecular formula is C13H15F3N4. The maximum absolute atomic E-state index is 13.1. The molecule has 0 unspecified atom stereocenters. The Kier molecular flexibility index (Phi) is 3.96. The third-order valence-corrected chi connectivity index (χ3v) is 2.88. The summed E-state index contributed by atoms with van der Waals surface area (Å²) in [5.74, 6) is 0.693. The van der Waals surface area contributed by atoms with E-state index >= 15 is 0 Å². The molecule has 2 aromatic rings. The van der Waals surface area contributed by atoms with E-state index in [2.05, 4.69) is 15.5 Å². The molecule has 0 atom stereocenters. The van der Waals surface area contributed by atoms with Gasteiger partial charge in [-0.3, -0.25) is 4.57 Å². The van der Waals surface area contributed by atoms with E-state index in [9.17, 15) is 13.2 Å². The smallest absolute Gasteiger partial charge is 0.355 e. The number of benzene rings is 1. The molecule has 1 N–H and O–H groups in total. The van der Waals surface area contributed by atoms with Gasteiger partial charge in [0.2, 0.25) is 5.95 Å². The van der Waals surface area contributed by atoms with Crippen LogP contribution in [-0.4, -0.2) is 21.3 Å². The molecular weight excluding hydrogens is 269 g/mol. The zero-order chi connectivity index (χ0) is 14.8. The SMILES string of the molecule is CCNc1nnc(-c2ccccc2C(F)(F)F)n1CC. The van der Waals surface area contributed by atoms with E-state index in [4.69, 9.17) is 0 Å². The summed E-state index contributed by atoms with van der Waals surface area (Å²) in [7, 11) is 0. The van der Waals surface area contributed by atoms with Crippen LogP contribution < -0.4 is 5.32 Å². The van der Waals surface area contributed by atoms with Gasteiger partial charge in [-0.1, -0.05) is 18.2 Å². The number of anilines is 1. The fourth-order valence-corrected chi connectivity index (χ4v) is 2.02. The third-order valence-electron chi connectivity index (χ3n) is 2.88. The van der Waals surface area contributed by atoms with Crippen molar-refractivity contribution in [3.8, 4) is 11.4 Å². The molecule has 7 heteroatoms. The van der Waals surface area contributed by atoms with Gasteiger partial charge in [0.1, 0.15) is 0 Å². The zero-order valence-electron chi connectivity index (χ0n) is 11.2. The minimum Gasteiger partial charge on any atom is -0.355 e. The molecule has 0 spiro atoms. The summed E-state index contributed by atoms with van der Waals surface area (Å²) < 4.78 is 40.8. The fourth-order valence-electron chi connectivity index (χ4n) is 2.02. The van der Waals surface area contributed by atoms with Crippen LogP contribution in [0.2, 0.25) is 0 Å². The molecule has 1 aromatic carbocycles. The summed E-state index contributed by atoms with van der Waals surface area (Å²) in [4.78, 5) is 0. The van der Waals surface area contributed by atoms with Gasteiger partial charge in [0.25, 0.3) is 0 Å². The van der Waals surface area contributed by atoms with Gasteiger partial charge in [0, 0.05) is 18.7 Å². The van der Waals surface area contributed by atoms with Gasteiger partial charge in [-0.15, -0.1) is 10.2 Å². The Hall–Kier alpha value is -2.05. The van der Waals surface area contributed by atoms with Crippen molar-refractivity contribution in [2.45, 2.75) is 26.6 Å². The first-order valence-electron chi connectivity index (χ1n) is 6.32. The molecule has 0 fully saturated rings. The summed E-state index contributed by atoms with van der Waals surface area (Å²) in [6, 6.07) is 5.39. The lowest BCUT2D eigenvalue weighted by Crippen LogP contribution is -2.10. The lowest BCUT2D eigenvalue weighted by molar-refractivity contribution is -0.137. The van der Waals surface area contributed by atoms with Crippen molar-refractivity contribution in [3.63, 3.8) is 0 Å². The molecule has 0 aliphatic heterocycles. The van der Waals surface area contributed by atoms with Gasteiger partial charge >= 0.3 is 6.18 Å². The van der Waals surface area contributed by atoms with Gasteiger partial charge < -0.3 is 5.32 Å². The molecule has 2 rings (SSSR count). The average Bonchev–Trinajstić information content (AvgIpc) is 2.81. The lowest BCUT2D eigenvalue weighted by Gasteiger charge is -2.13. The summed E-state index contributed by atoms with van der Waals surface area (Å²) >= 11 is 0. The number of alkyl halides is 3. The summed E-state index contributed by atoms with van der Waals surface area (Å²) in [5, 5.41) is 10.8. The highest BCUT2D eigenvalue weighted by atomic mass is 19.4. The molecule has 0 saturated carbocycles. The quantitative estimate of drug-likeness (QED) is 0.935. The molecule has 4 nitrogen and oxygen atoms in total. The summed E-state index contributed by atoms with van der Waals surface area (Å²) in [6.07, 6.45) is -4.42. The van der Waals surface area contributed by atoms with Crippen LogP contribution in [0.25, 0.3) is 11.4 Å². The normalized spacial score (nSPS) is 11.7. The summed E-state index contributed by atoms with van der Waals surface area (Å²) in [6.45, 7) is 4.83. The third kappa shape index (κ3) is 2.61. The van der Waals surface area contributed by atoms with Crippen LogP contribution in [0.4, 0.5) is 19.1 Å². The minimum absolute atomic E-state index is 0.0403. The van der Waals surface area contributed by atoms with E-state index in [0.29, 0.717) is 19.0 Å². The molecule has 0 aliphatic rings. The van der Waals surface area contributed by atoms with Gasteiger partial charge in [-0.05, 0) is 19.9 Å². The zero-order valence-corrected chi connectivity index (χ0v) is 11.2. The Bertz CT molecular complexity index is 590. The maximum atomic E-state index is 13.1. The minimum atomic E-state index is -4.42. The number of halogens is 3. The van der Waals surface area contributed by atoms with E-state index < -0.39 is 11.7 Å². The molecule has 0 bridgehead atoms. The Morgan fingerprint density at radius 3 is 2.45 bits per heavy atom. The van der Waals surface area contributed by atoms with E-state index in [-0.39, 0.29) is 11.4 Å². The van der Waals surface area contributed by atoms with Crippen molar-refractivity contribution in [2.24, 2.45) is 0 Å². The Labute approximate surface area is 114 Å². The van der Waals surface area contributed by atoms with E-state index in [0.717, 1.165) is 6.07 Å². The molecule has 1 aromatic heterocycles. The molecule has 0 radical (unpaired) electrons. The highest BCUT2D eigenvalue weighted by Gasteiger charge is 2.34. The molecule has 1 heterocycles. The number of hydrogen-bond donors (Lipinski definition) is 1. The predicted octanol–water partition coefficient (Wildman–Crippen LogP) is 3.42. The summed E-state index contributed by atoms with van der Waals surface area (Å²) in [5.41, 5.74) is -0.663. The fraction of sp³-hybridized carbons (Fsp3) is 0.385. The van der Waals surface area contributed by atoms with Crippen LogP contribution in [0, 0.1) is 0 Å². The van der Waals surface area contributed by atoms with Gasteiger partial charge in [0.15, 0.2) is 5.82 Å². The first-order chi connectivity index (χ1) is 9.49. The largest absolute Gasteiger partial charge is 0.417 e. The van der Waals surface area contributed by atoms with Crippen molar-refractivity contribution in [2.75, 3.05) is 11.9 Å². The van der Waals surface area contributed by atoms with E-state index in [1.54, 1.807) is 10.6 Å². The Morgan fingerprint density at radius 1 is 1.15 bits per heavy atom. The lowest BCUT2D eigenvalue weighted by atomic mass is 10.1. The second-order valence-corrected chi connectivity index (χ2v) is 4.17. The maximum Gasteiger partial charge on any atom is 0.417 e. The first-order valence-corrected chi connectivity index (χ1v) is 6.32. The molecule has 0 amide bonds. The predicted molar refractivity (Wildman–Crippen MR) is 70.3 cm³/mol. The highest BCUT2D eigenvalue weighted by Crippen LogP contribution is 2.36. The number of nitrogens with one attached hydrogen (secondary N) is 1. The van der Waals surface area contributed by atoms with Gasteiger partial charge in [-0.2, -0.15) is 13.2 Å². The van der Waals surface area contributed by atoms with Crippen LogP contribution >= 0.6 is 0 Å². The number of aromatic nitrogens is 3. The van der Waals surface area contributed by atoms with Crippen molar-refractivity contribution >= 4 is 5.95 Å². The number of rotatable bonds is 4. The Balaban J connectivity index is 2.58. The molecule has 0 aliphatic carbocycles. The topological polar surface area (TPSA) is 42.7 Å². The number of nitrogens with zero attached hydrogens (tertiary/aromatic N) is 3. The number of hydrogen-bond acceptors (Lipinski definition) is 3. The Morgan fingerprint density at radius 2 is 1.85 bits per heavy atom. The van der Waals surface area contributed by atoms with Crippen molar-refractivity contribution < 1.29 is 13.2 Å². The van der Waals surface area contributed by atoms with Crippen LogP contribution in [-0.2, 0) is 12.7 Å². The van der Waals surface area contributed by atoms with Crippen molar-refractivity contribution in [1.29, 1.82) is 0 Å². The van der Waals surface area contributed by atoms with Crippen molar-refractivity contribution in [3.05, 3.63) is 29.8 Å². The molecule has 108 valence electrons. The van der Waals surface area contributed by atoms with Crippen LogP contribution in [0.3, 0.4) is 0 Å². The molecule has 20 heavy (non-hydrogen) atoms. The van der Waals surface area contributed by atoms with Gasteiger partial charge in [0.05, 0.1) is 5.56 Å². The standard InChI is InChI=1S/C13H15F3N4/c1-3-17-12-19-18-11(20(12)4-2)9-7-5-6-8-10(9)13(14,15)16/h5-8H,3-4H2,1-2H3,(H,17,19).